The van der Waals surface area contributed by atoms with Crippen LogP contribution in [0.5, 0.6) is 11.5 Å². The number of anilines is 1. The number of rotatable bonds is 5. The molecule has 0 aromatic heterocycles. The lowest BCUT2D eigenvalue weighted by Gasteiger charge is -2.16. The van der Waals surface area contributed by atoms with E-state index in [-0.39, 0.29) is 0 Å². The van der Waals surface area contributed by atoms with Gasteiger partial charge in [0.15, 0.2) is 5.75 Å². The zero-order valence-electron chi connectivity index (χ0n) is 13.9. The summed E-state index contributed by atoms with van der Waals surface area (Å²) in [6.07, 6.45) is 0. The molecule has 1 N–H and O–H groups in total. The minimum absolute atomic E-state index is 0.291. The van der Waals surface area contributed by atoms with Crippen LogP contribution in [0.25, 0.3) is 10.8 Å². The predicted molar refractivity (Wildman–Crippen MR) is 94.4 cm³/mol. The highest BCUT2D eigenvalue weighted by atomic mass is 16.5. The monoisotopic (exact) mass is 325 g/mol. The zero-order chi connectivity index (χ0) is 17.9. The summed E-state index contributed by atoms with van der Waals surface area (Å²) in [4.78, 5) is 23.8. The summed E-state index contributed by atoms with van der Waals surface area (Å²) < 4.78 is 10.9. The van der Waals surface area contributed by atoms with Crippen molar-refractivity contribution in [1.82, 2.24) is 0 Å². The van der Waals surface area contributed by atoms with Gasteiger partial charge in [-0.15, -0.1) is 0 Å². The lowest BCUT2D eigenvalue weighted by molar-refractivity contribution is -0.131. The van der Waals surface area contributed by atoms with Gasteiger partial charge in [-0.2, -0.15) is 0 Å². The second-order valence-electron chi connectivity index (χ2n) is 5.39. The van der Waals surface area contributed by atoms with Crippen LogP contribution in [0.2, 0.25) is 0 Å². The normalized spacial score (nSPS) is 10.1. The third kappa shape index (κ3) is 3.46. The molecule has 2 rings (SSSR count). The van der Waals surface area contributed by atoms with E-state index in [2.05, 4.69) is 18.5 Å². The third-order valence-corrected chi connectivity index (χ3v) is 3.32. The number of benzene rings is 2. The number of hydrogen-bond donors (Lipinski definition) is 1. The molecule has 0 radical (unpaired) electrons. The molecule has 0 aliphatic rings. The standard InChI is InChI=1S/C19H19NO4/c1-11(2)18(21)23-16-10-15(20-5)17(24-19(22)12(3)4)14-9-7-6-8-13(14)16/h6-10,20H,1,3H2,2,4-5H3. The highest BCUT2D eigenvalue weighted by Crippen LogP contribution is 2.40. The summed E-state index contributed by atoms with van der Waals surface area (Å²) >= 11 is 0. The van der Waals surface area contributed by atoms with Crippen LogP contribution in [0.4, 0.5) is 5.69 Å². The van der Waals surface area contributed by atoms with Crippen molar-refractivity contribution in [1.29, 1.82) is 0 Å². The minimum Gasteiger partial charge on any atom is -0.422 e. The Morgan fingerprint density at radius 3 is 2.04 bits per heavy atom. The molecule has 124 valence electrons. The van der Waals surface area contributed by atoms with Crippen LogP contribution in [0.1, 0.15) is 13.8 Å². The maximum atomic E-state index is 11.9. The van der Waals surface area contributed by atoms with Gasteiger partial charge in [0, 0.05) is 35.0 Å². The first-order chi connectivity index (χ1) is 11.3. The predicted octanol–water partition coefficient (Wildman–Crippen LogP) is 3.84. The van der Waals surface area contributed by atoms with Gasteiger partial charge in [0.2, 0.25) is 0 Å². The Bertz CT molecular complexity index is 852. The van der Waals surface area contributed by atoms with Gasteiger partial charge >= 0.3 is 11.9 Å². The molecule has 0 atom stereocenters. The lowest BCUT2D eigenvalue weighted by atomic mass is 10.1. The van der Waals surface area contributed by atoms with Crippen LogP contribution in [0.3, 0.4) is 0 Å². The van der Waals surface area contributed by atoms with Crippen LogP contribution in [0.15, 0.2) is 54.6 Å². The van der Waals surface area contributed by atoms with Crippen LogP contribution in [0, 0.1) is 0 Å². The first kappa shape index (κ1) is 17.3. The van der Waals surface area contributed by atoms with Gasteiger partial charge in [0.1, 0.15) is 5.75 Å². The number of ether oxygens (including phenoxy) is 2. The van der Waals surface area contributed by atoms with Gasteiger partial charge in [0.05, 0.1) is 5.69 Å². The fourth-order valence-electron chi connectivity index (χ4n) is 2.06. The Balaban J connectivity index is 2.64. The Morgan fingerprint density at radius 1 is 0.958 bits per heavy atom. The van der Waals surface area contributed by atoms with Crippen LogP contribution in [-0.4, -0.2) is 19.0 Å². The van der Waals surface area contributed by atoms with E-state index in [0.717, 1.165) is 0 Å². The smallest absolute Gasteiger partial charge is 0.338 e. The van der Waals surface area contributed by atoms with Gasteiger partial charge in [-0.1, -0.05) is 37.4 Å². The molecule has 0 aliphatic carbocycles. The van der Waals surface area contributed by atoms with Gasteiger partial charge in [-0.05, 0) is 13.8 Å². The van der Waals surface area contributed by atoms with Gasteiger partial charge in [-0.25, -0.2) is 9.59 Å². The molecule has 5 nitrogen and oxygen atoms in total. The minimum atomic E-state index is -0.525. The van der Waals surface area contributed by atoms with Crippen molar-refractivity contribution in [2.24, 2.45) is 0 Å². The molecular weight excluding hydrogens is 306 g/mol. The topological polar surface area (TPSA) is 64.6 Å². The molecule has 0 fully saturated rings. The fraction of sp³-hybridized carbons (Fsp3) is 0.158. The SMILES string of the molecule is C=C(C)C(=O)Oc1cc(NC)c(OC(=O)C(=C)C)c2ccccc12. The second-order valence-corrected chi connectivity index (χ2v) is 5.39. The molecule has 2 aromatic carbocycles. The summed E-state index contributed by atoms with van der Waals surface area (Å²) in [5.74, 6) is -0.327. The molecule has 0 saturated heterocycles. The summed E-state index contributed by atoms with van der Waals surface area (Å²) in [5.41, 5.74) is 1.11. The van der Waals surface area contributed by atoms with Crippen LogP contribution >= 0.6 is 0 Å². The van der Waals surface area contributed by atoms with E-state index in [1.54, 1.807) is 39.1 Å². The Morgan fingerprint density at radius 2 is 1.50 bits per heavy atom. The Hall–Kier alpha value is -3.08. The molecule has 24 heavy (non-hydrogen) atoms. The lowest BCUT2D eigenvalue weighted by Crippen LogP contribution is -2.12. The van der Waals surface area contributed by atoms with Crippen LogP contribution in [-0.2, 0) is 9.59 Å². The van der Waals surface area contributed by atoms with E-state index in [9.17, 15) is 9.59 Å². The largest absolute Gasteiger partial charge is 0.422 e. The maximum absolute atomic E-state index is 11.9. The zero-order valence-corrected chi connectivity index (χ0v) is 13.9. The van der Waals surface area contributed by atoms with E-state index >= 15 is 0 Å². The molecular formula is C19H19NO4. The molecule has 0 aliphatic heterocycles. The van der Waals surface area contributed by atoms with E-state index in [4.69, 9.17) is 9.47 Å². The van der Waals surface area contributed by atoms with E-state index in [1.165, 1.54) is 0 Å². The second kappa shape index (κ2) is 7.00. The number of fused-ring (bicyclic) bond motifs is 1. The van der Waals surface area contributed by atoms with Gasteiger partial charge in [0.25, 0.3) is 0 Å². The third-order valence-electron chi connectivity index (χ3n) is 3.32. The first-order valence-corrected chi connectivity index (χ1v) is 7.34. The summed E-state index contributed by atoms with van der Waals surface area (Å²) in [6, 6.07) is 8.81. The van der Waals surface area contributed by atoms with Crippen molar-refractivity contribution >= 4 is 28.4 Å². The average molecular weight is 325 g/mol. The van der Waals surface area contributed by atoms with Crippen molar-refractivity contribution in [3.63, 3.8) is 0 Å². The van der Waals surface area contributed by atoms with E-state index in [0.29, 0.717) is 39.1 Å². The quantitative estimate of drug-likeness (QED) is 0.514. The van der Waals surface area contributed by atoms with Crippen LogP contribution < -0.4 is 14.8 Å². The van der Waals surface area contributed by atoms with Crippen molar-refractivity contribution in [2.45, 2.75) is 13.8 Å². The number of carbonyl (C=O) groups is 2. The molecule has 0 heterocycles. The highest BCUT2D eigenvalue weighted by Gasteiger charge is 2.18. The number of carbonyl (C=O) groups excluding carboxylic acids is 2. The maximum Gasteiger partial charge on any atom is 0.338 e. The Kier molecular flexibility index (Phi) is 5.04. The molecule has 0 amide bonds. The van der Waals surface area contributed by atoms with Crippen molar-refractivity contribution < 1.29 is 19.1 Å². The summed E-state index contributed by atoms with van der Waals surface area (Å²) in [6.45, 7) is 10.3. The molecule has 0 saturated carbocycles. The van der Waals surface area contributed by atoms with Gasteiger partial charge in [-0.3, -0.25) is 0 Å². The number of esters is 2. The number of nitrogens with one attached hydrogen (secondary N) is 1. The van der Waals surface area contributed by atoms with E-state index in [1.807, 2.05) is 12.1 Å². The van der Waals surface area contributed by atoms with Crippen molar-refractivity contribution in [3.8, 4) is 11.5 Å². The fourth-order valence-corrected chi connectivity index (χ4v) is 2.06. The van der Waals surface area contributed by atoms with Crippen molar-refractivity contribution in [2.75, 3.05) is 12.4 Å². The first-order valence-electron chi connectivity index (χ1n) is 7.34. The molecule has 5 heteroatoms. The van der Waals surface area contributed by atoms with Crippen molar-refractivity contribution in [3.05, 3.63) is 54.6 Å². The molecule has 0 spiro atoms. The molecule has 2 aromatic rings. The summed E-state index contributed by atoms with van der Waals surface area (Å²) in [5, 5.41) is 4.25. The summed E-state index contributed by atoms with van der Waals surface area (Å²) in [7, 11) is 1.69. The average Bonchev–Trinajstić information content (AvgIpc) is 2.56. The highest BCUT2D eigenvalue weighted by molar-refractivity contribution is 6.02. The molecule has 0 bridgehead atoms. The Labute approximate surface area is 140 Å². The van der Waals surface area contributed by atoms with E-state index < -0.39 is 11.9 Å². The molecule has 0 unspecified atom stereocenters. The number of hydrogen-bond acceptors (Lipinski definition) is 5. The van der Waals surface area contributed by atoms with Gasteiger partial charge < -0.3 is 14.8 Å².